The van der Waals surface area contributed by atoms with E-state index >= 15 is 0 Å². The Morgan fingerprint density at radius 1 is 1.15 bits per heavy atom. The first-order valence-corrected chi connectivity index (χ1v) is 7.82. The maximum absolute atomic E-state index is 13.4. The van der Waals surface area contributed by atoms with E-state index in [1.807, 2.05) is 6.92 Å². The fourth-order valence-electron chi connectivity index (χ4n) is 2.26. The SMILES string of the molecule is CCOc1ccc(C(=O)NCc2nnnn2-c2ccc(F)c(F)c2)cc1. The van der Waals surface area contributed by atoms with Crippen molar-refractivity contribution in [3.8, 4) is 11.4 Å². The average Bonchev–Trinajstić information content (AvgIpc) is 3.11. The fourth-order valence-corrected chi connectivity index (χ4v) is 2.26. The van der Waals surface area contributed by atoms with Crippen molar-refractivity contribution in [3.05, 3.63) is 65.5 Å². The first-order chi connectivity index (χ1) is 12.6. The number of carbonyl (C=O) groups excluding carboxylic acids is 1. The first kappa shape index (κ1) is 17.5. The van der Waals surface area contributed by atoms with E-state index in [0.29, 0.717) is 17.9 Å². The van der Waals surface area contributed by atoms with E-state index in [9.17, 15) is 13.6 Å². The van der Waals surface area contributed by atoms with Crippen molar-refractivity contribution in [1.29, 1.82) is 0 Å². The lowest BCUT2D eigenvalue weighted by Crippen LogP contribution is -2.24. The van der Waals surface area contributed by atoms with Gasteiger partial charge in [-0.25, -0.2) is 8.78 Å². The van der Waals surface area contributed by atoms with E-state index in [0.717, 1.165) is 12.1 Å². The molecular formula is C17H15F2N5O2. The largest absolute Gasteiger partial charge is 0.494 e. The highest BCUT2D eigenvalue weighted by Gasteiger charge is 2.13. The van der Waals surface area contributed by atoms with E-state index < -0.39 is 11.6 Å². The lowest BCUT2D eigenvalue weighted by atomic mass is 10.2. The third-order valence-corrected chi connectivity index (χ3v) is 3.52. The monoisotopic (exact) mass is 359 g/mol. The molecule has 0 saturated carbocycles. The zero-order valence-electron chi connectivity index (χ0n) is 13.8. The molecule has 1 aromatic heterocycles. The van der Waals surface area contributed by atoms with Crippen LogP contribution in [-0.2, 0) is 6.54 Å². The third kappa shape index (κ3) is 3.82. The van der Waals surface area contributed by atoms with E-state index in [-0.39, 0.29) is 24.0 Å². The average molecular weight is 359 g/mol. The van der Waals surface area contributed by atoms with Gasteiger partial charge >= 0.3 is 0 Å². The molecule has 0 aliphatic carbocycles. The topological polar surface area (TPSA) is 81.9 Å². The Balaban J connectivity index is 1.69. The van der Waals surface area contributed by atoms with E-state index in [1.54, 1.807) is 24.3 Å². The summed E-state index contributed by atoms with van der Waals surface area (Å²) in [5.41, 5.74) is 0.694. The maximum Gasteiger partial charge on any atom is 0.251 e. The van der Waals surface area contributed by atoms with Crippen LogP contribution in [0, 0.1) is 11.6 Å². The van der Waals surface area contributed by atoms with Crippen molar-refractivity contribution in [3.63, 3.8) is 0 Å². The van der Waals surface area contributed by atoms with Crippen LogP contribution in [0.2, 0.25) is 0 Å². The summed E-state index contributed by atoms with van der Waals surface area (Å²) in [5, 5.41) is 13.7. The number of ether oxygens (including phenoxy) is 1. The van der Waals surface area contributed by atoms with Crippen LogP contribution in [0.3, 0.4) is 0 Å². The van der Waals surface area contributed by atoms with Gasteiger partial charge in [-0.1, -0.05) is 0 Å². The Kier molecular flexibility index (Phi) is 5.16. The molecule has 134 valence electrons. The predicted molar refractivity (Wildman–Crippen MR) is 87.9 cm³/mol. The number of amides is 1. The molecule has 3 aromatic rings. The van der Waals surface area contributed by atoms with E-state index in [4.69, 9.17) is 4.74 Å². The van der Waals surface area contributed by atoms with Gasteiger partial charge in [0.05, 0.1) is 18.8 Å². The number of rotatable bonds is 6. The highest BCUT2D eigenvalue weighted by atomic mass is 19.2. The molecule has 7 nitrogen and oxygen atoms in total. The molecule has 0 unspecified atom stereocenters. The lowest BCUT2D eigenvalue weighted by molar-refractivity contribution is 0.0949. The van der Waals surface area contributed by atoms with Gasteiger partial charge < -0.3 is 10.1 Å². The second kappa shape index (κ2) is 7.68. The van der Waals surface area contributed by atoms with Crippen molar-refractivity contribution in [2.24, 2.45) is 0 Å². The second-order valence-corrected chi connectivity index (χ2v) is 5.25. The number of tetrazole rings is 1. The molecule has 3 rings (SSSR count). The minimum atomic E-state index is -1.01. The van der Waals surface area contributed by atoms with Gasteiger partial charge in [0.1, 0.15) is 5.75 Å². The van der Waals surface area contributed by atoms with Gasteiger partial charge in [-0.05, 0) is 53.7 Å². The molecule has 0 aliphatic heterocycles. The normalized spacial score (nSPS) is 10.6. The van der Waals surface area contributed by atoms with Crippen LogP contribution in [0.1, 0.15) is 23.1 Å². The molecule has 1 N–H and O–H groups in total. The van der Waals surface area contributed by atoms with Crippen molar-refractivity contribution in [1.82, 2.24) is 25.5 Å². The Bertz CT molecular complexity index is 912. The summed E-state index contributed by atoms with van der Waals surface area (Å²) in [6, 6.07) is 9.97. The number of aromatic nitrogens is 4. The van der Waals surface area contributed by atoms with Crippen LogP contribution >= 0.6 is 0 Å². The van der Waals surface area contributed by atoms with E-state index in [1.165, 1.54) is 10.7 Å². The van der Waals surface area contributed by atoms with Crippen LogP contribution in [0.4, 0.5) is 8.78 Å². The summed E-state index contributed by atoms with van der Waals surface area (Å²) in [4.78, 5) is 12.2. The van der Waals surface area contributed by atoms with Crippen molar-refractivity contribution in [2.45, 2.75) is 13.5 Å². The van der Waals surface area contributed by atoms with Crippen molar-refractivity contribution >= 4 is 5.91 Å². The molecule has 1 amide bonds. The van der Waals surface area contributed by atoms with Gasteiger partial charge in [-0.2, -0.15) is 4.68 Å². The van der Waals surface area contributed by atoms with Crippen LogP contribution in [-0.4, -0.2) is 32.7 Å². The third-order valence-electron chi connectivity index (χ3n) is 3.52. The first-order valence-electron chi connectivity index (χ1n) is 7.82. The van der Waals surface area contributed by atoms with Crippen LogP contribution in [0.15, 0.2) is 42.5 Å². The number of benzene rings is 2. The molecular weight excluding hydrogens is 344 g/mol. The number of hydrogen-bond donors (Lipinski definition) is 1. The molecule has 0 saturated heterocycles. The summed E-state index contributed by atoms with van der Waals surface area (Å²) in [5.74, 6) is -1.36. The molecule has 0 bridgehead atoms. The zero-order chi connectivity index (χ0) is 18.5. The molecule has 0 aliphatic rings. The molecule has 9 heteroatoms. The zero-order valence-corrected chi connectivity index (χ0v) is 13.8. The smallest absolute Gasteiger partial charge is 0.251 e. The summed E-state index contributed by atoms with van der Waals surface area (Å²) >= 11 is 0. The van der Waals surface area contributed by atoms with Gasteiger partial charge in [0, 0.05) is 11.6 Å². The summed E-state index contributed by atoms with van der Waals surface area (Å²) in [6.45, 7) is 2.42. The summed E-state index contributed by atoms with van der Waals surface area (Å²) in [6.07, 6.45) is 0. The standard InChI is InChI=1S/C17H15F2N5O2/c1-2-26-13-6-3-11(4-7-13)17(25)20-10-16-21-22-23-24(16)12-5-8-14(18)15(19)9-12/h3-9H,2,10H2,1H3,(H,20,25). The molecule has 2 aromatic carbocycles. The number of nitrogens with one attached hydrogen (secondary N) is 1. The van der Waals surface area contributed by atoms with Gasteiger partial charge in [-0.15, -0.1) is 5.10 Å². The molecule has 0 fully saturated rings. The van der Waals surface area contributed by atoms with Gasteiger partial charge in [0.15, 0.2) is 17.5 Å². The Morgan fingerprint density at radius 3 is 2.62 bits per heavy atom. The number of halogens is 2. The fraction of sp³-hybridized carbons (Fsp3) is 0.176. The van der Waals surface area contributed by atoms with Gasteiger partial charge in [0.2, 0.25) is 0 Å². The Labute approximate surface area is 147 Å². The second-order valence-electron chi connectivity index (χ2n) is 5.25. The molecule has 0 atom stereocenters. The molecule has 0 radical (unpaired) electrons. The summed E-state index contributed by atoms with van der Waals surface area (Å²) < 4.78 is 33.0. The summed E-state index contributed by atoms with van der Waals surface area (Å²) in [7, 11) is 0. The van der Waals surface area contributed by atoms with Crippen molar-refractivity contribution in [2.75, 3.05) is 6.61 Å². The quantitative estimate of drug-likeness (QED) is 0.730. The minimum absolute atomic E-state index is 0.0119. The minimum Gasteiger partial charge on any atom is -0.494 e. The highest BCUT2D eigenvalue weighted by Crippen LogP contribution is 2.14. The van der Waals surface area contributed by atoms with Crippen LogP contribution in [0.25, 0.3) is 5.69 Å². The highest BCUT2D eigenvalue weighted by molar-refractivity contribution is 5.94. The molecule has 0 spiro atoms. The maximum atomic E-state index is 13.4. The number of nitrogens with zero attached hydrogens (tertiary/aromatic N) is 4. The van der Waals surface area contributed by atoms with Crippen LogP contribution < -0.4 is 10.1 Å². The molecule has 1 heterocycles. The number of hydrogen-bond acceptors (Lipinski definition) is 5. The van der Waals surface area contributed by atoms with Crippen LogP contribution in [0.5, 0.6) is 5.75 Å². The van der Waals surface area contributed by atoms with Crippen molar-refractivity contribution < 1.29 is 18.3 Å². The lowest BCUT2D eigenvalue weighted by Gasteiger charge is -2.08. The van der Waals surface area contributed by atoms with Gasteiger partial charge in [0.25, 0.3) is 5.91 Å². The predicted octanol–water partition coefficient (Wildman–Crippen LogP) is 2.27. The Morgan fingerprint density at radius 2 is 1.92 bits per heavy atom. The Hall–Kier alpha value is -3.36. The van der Waals surface area contributed by atoms with Gasteiger partial charge in [-0.3, -0.25) is 4.79 Å². The molecule has 26 heavy (non-hydrogen) atoms. The number of carbonyl (C=O) groups is 1. The van der Waals surface area contributed by atoms with E-state index in [2.05, 4.69) is 20.8 Å².